The van der Waals surface area contributed by atoms with E-state index in [2.05, 4.69) is 128 Å². The molecule has 16 rings (SSSR count). The first-order valence-corrected chi connectivity index (χ1v) is 32.6. The second-order valence-corrected chi connectivity index (χ2v) is 24.5. The Kier molecular flexibility index (Phi) is 21.0. The zero-order chi connectivity index (χ0) is 69.6. The molecule has 514 valence electrons. The van der Waals surface area contributed by atoms with Gasteiger partial charge in [-0.05, 0) is 80.7 Å². The van der Waals surface area contributed by atoms with E-state index in [9.17, 15) is 26.3 Å². The van der Waals surface area contributed by atoms with Crippen molar-refractivity contribution in [2.24, 2.45) is 0 Å². The Morgan fingerprint density at radius 3 is 1.06 bits per heavy atom. The van der Waals surface area contributed by atoms with Crippen LogP contribution in [0.25, 0.3) is 4.85 Å². The number of benzene rings is 4. The predicted octanol–water partition coefficient (Wildman–Crippen LogP) is 15.8. The molecule has 0 bridgehead atoms. The van der Waals surface area contributed by atoms with E-state index in [1.54, 1.807) is 24.3 Å². The van der Waals surface area contributed by atoms with E-state index < -0.39 is 29.1 Å². The molecule has 0 atom stereocenters. The minimum absolute atomic E-state index is 0.178. The van der Waals surface area contributed by atoms with Crippen molar-refractivity contribution in [3.05, 3.63) is 243 Å². The summed E-state index contributed by atoms with van der Waals surface area (Å²) in [5.74, 6) is 5.45. The molecule has 0 saturated heterocycles. The van der Waals surface area contributed by atoms with Gasteiger partial charge in [-0.3, -0.25) is 20.4 Å². The third kappa shape index (κ3) is 19.6. The molecule has 8 aromatic heterocycles. The molecule has 0 amide bonds. The first-order chi connectivity index (χ1) is 49.2. The lowest BCUT2D eigenvalue weighted by atomic mass is 10.2. The van der Waals surface area contributed by atoms with Crippen LogP contribution in [-0.2, 0) is 26.2 Å². The number of aromatic nitrogens is 16. The Labute approximate surface area is 578 Å². The maximum absolute atomic E-state index is 13.7. The van der Waals surface area contributed by atoms with E-state index in [1.165, 1.54) is 107 Å². The van der Waals surface area contributed by atoms with E-state index in [4.69, 9.17) is 18.2 Å². The molecular formula is C69H64ClF6N25. The van der Waals surface area contributed by atoms with Gasteiger partial charge in [0.2, 0.25) is 0 Å². The number of hydrogen-bond donors (Lipinski definition) is 12. The van der Waals surface area contributed by atoms with Gasteiger partial charge in [0, 0.05) is 156 Å². The van der Waals surface area contributed by atoms with Crippen molar-refractivity contribution < 1.29 is 26.3 Å². The average molecular weight is 1390 g/mol. The zero-order valence-electron chi connectivity index (χ0n) is 53.6. The van der Waals surface area contributed by atoms with Crippen molar-refractivity contribution in [1.82, 2.24) is 80.7 Å². The lowest BCUT2D eigenvalue weighted by Gasteiger charge is -2.09. The van der Waals surface area contributed by atoms with Gasteiger partial charge in [-0.2, -0.15) is 20.4 Å². The topological polar surface area (TPSA) is 318 Å². The molecule has 32 heteroatoms. The summed E-state index contributed by atoms with van der Waals surface area (Å²) in [6.07, 6.45) is 15.3. The molecule has 4 aliphatic carbocycles. The fourth-order valence-electron chi connectivity index (χ4n) is 10.1. The molecule has 25 nitrogen and oxygen atoms in total. The number of anilines is 12. The van der Waals surface area contributed by atoms with Crippen molar-refractivity contribution in [3.63, 3.8) is 0 Å². The molecule has 101 heavy (non-hydrogen) atoms. The van der Waals surface area contributed by atoms with Crippen LogP contribution in [0.1, 0.15) is 120 Å². The predicted molar refractivity (Wildman–Crippen MR) is 370 cm³/mol. The Bertz CT molecular complexity index is 4660. The molecule has 4 aliphatic rings. The molecule has 4 fully saturated rings. The summed E-state index contributed by atoms with van der Waals surface area (Å²) in [5.41, 5.74) is 7.15. The van der Waals surface area contributed by atoms with Crippen molar-refractivity contribution in [3.8, 4) is 0 Å². The van der Waals surface area contributed by atoms with Gasteiger partial charge >= 0.3 is 0 Å². The van der Waals surface area contributed by atoms with Crippen molar-refractivity contribution in [1.29, 1.82) is 0 Å². The van der Waals surface area contributed by atoms with Crippen LogP contribution in [0.4, 0.5) is 102 Å². The molecule has 4 aromatic carbocycles. The Balaban J connectivity index is 0.000000120. The summed E-state index contributed by atoms with van der Waals surface area (Å²) in [5, 5.41) is 54.1. The standard InChI is InChI=1S/C18H17N7.C17H16ClFN6.C17H15F3N6.C17H16F2N6/c1-19-14-6-2-12(3-7-14)10-20-16-9-17(22-11-21-16)23-18-8-15(24-25-18)13-4-5-13;18-13-5-12(19)4-3-11(13)8-20-15-7-16(22-9-21-15)23-17-6-14(24-25-17)10-1-2-10;18-10-3-12(19)11(13(20)4-10)7-21-15-6-16(23-8-22-15)24-17-5-14(25-26-17)9-1-2-9;18-12-4-3-11(13(19)5-12)8-20-15-7-16(22-9-21-15)23-17-6-14(24-25-17)10-1-2-10/h2-3,6-9,11,13H,4-5,10H2,(H3,20,21,22,23,24,25);3-7,9-10H,1-2,8H2,(H3,20,21,22,23,24,25);3-6,8-9H,1-2,7H2,(H3,21,22,23,24,25,26);3-7,9-10H,1-2,8H2,(H3,20,21,22,23,24,25). The van der Waals surface area contributed by atoms with Crippen LogP contribution in [0, 0.1) is 41.5 Å². The number of H-pyrrole nitrogens is 4. The maximum Gasteiger partial charge on any atom is 0.187 e. The molecule has 4 saturated carbocycles. The minimum atomic E-state index is -0.957. The van der Waals surface area contributed by atoms with E-state index in [0.29, 0.717) is 118 Å². The molecule has 0 aliphatic heterocycles. The van der Waals surface area contributed by atoms with Crippen LogP contribution in [0.2, 0.25) is 5.02 Å². The van der Waals surface area contributed by atoms with Crippen LogP contribution in [-0.4, -0.2) is 80.7 Å². The number of nitrogens with zero attached hydrogens (tertiary/aromatic N) is 13. The van der Waals surface area contributed by atoms with Gasteiger partial charge in [0.1, 0.15) is 107 Å². The van der Waals surface area contributed by atoms with Crippen LogP contribution in [0.5, 0.6) is 0 Å². The van der Waals surface area contributed by atoms with Crippen molar-refractivity contribution in [2.75, 3.05) is 42.5 Å². The largest absolute Gasteiger partial charge is 0.366 e. The van der Waals surface area contributed by atoms with E-state index >= 15 is 0 Å². The van der Waals surface area contributed by atoms with E-state index in [1.807, 2.05) is 54.6 Å². The van der Waals surface area contributed by atoms with Gasteiger partial charge in [0.05, 0.1) is 6.57 Å². The normalized spacial score (nSPS) is 13.6. The third-order valence-corrected chi connectivity index (χ3v) is 16.5. The van der Waals surface area contributed by atoms with Gasteiger partial charge in [0.15, 0.2) is 29.0 Å². The summed E-state index contributed by atoms with van der Waals surface area (Å²) in [4.78, 5) is 36.6. The van der Waals surface area contributed by atoms with E-state index in [0.717, 1.165) is 51.7 Å². The fourth-order valence-corrected chi connectivity index (χ4v) is 10.4. The first kappa shape index (κ1) is 67.4. The number of aromatic amines is 4. The molecular weight excluding hydrogens is 1330 g/mol. The van der Waals surface area contributed by atoms with Gasteiger partial charge in [-0.25, -0.2) is 71.1 Å². The van der Waals surface area contributed by atoms with Crippen molar-refractivity contribution in [2.45, 2.75) is 101 Å². The van der Waals surface area contributed by atoms with Crippen molar-refractivity contribution >= 4 is 87.1 Å². The lowest BCUT2D eigenvalue weighted by Crippen LogP contribution is -2.07. The van der Waals surface area contributed by atoms with Gasteiger partial charge < -0.3 is 42.5 Å². The number of hydrogen-bond acceptors (Lipinski definition) is 20. The number of rotatable bonds is 24. The highest BCUT2D eigenvalue weighted by Crippen LogP contribution is 2.42. The third-order valence-electron chi connectivity index (χ3n) is 16.2. The molecule has 0 radical (unpaired) electrons. The average Bonchev–Trinajstić information content (AvgIpc) is 1.55. The van der Waals surface area contributed by atoms with E-state index in [-0.39, 0.29) is 24.5 Å². The highest BCUT2D eigenvalue weighted by molar-refractivity contribution is 6.31. The molecule has 0 unspecified atom stereocenters. The monoisotopic (exact) mass is 1390 g/mol. The second-order valence-electron chi connectivity index (χ2n) is 24.1. The molecule has 0 spiro atoms. The first-order valence-electron chi connectivity index (χ1n) is 32.2. The summed E-state index contributed by atoms with van der Waals surface area (Å²) in [7, 11) is 0. The second kappa shape index (κ2) is 31.5. The summed E-state index contributed by atoms with van der Waals surface area (Å²) in [6, 6.07) is 31.4. The lowest BCUT2D eigenvalue weighted by molar-refractivity contribution is 0.526. The SMILES string of the molecule is Fc1cc(F)c(CNc2cc(Nc3cc(C4CC4)[nH]n3)ncn2)c(F)c1.Fc1ccc(CNc2cc(Nc3cc(C4CC4)[nH]n3)ncn2)c(Cl)c1.Fc1ccc(CNc2cc(Nc3cc(C4CC4)[nH]n3)ncn2)c(F)c1.[C-]#[N+]c1ccc(CNc2cc(Nc3cc(C4CC4)[nH]n3)ncn2)cc1. The fraction of sp³-hybridized carbons (Fsp3) is 0.232. The number of nitrogens with one attached hydrogen (secondary N) is 12. The Morgan fingerprint density at radius 1 is 0.356 bits per heavy atom. The highest BCUT2D eigenvalue weighted by atomic mass is 35.5. The number of halogens is 7. The van der Waals surface area contributed by atoms with Crippen LogP contribution >= 0.6 is 11.6 Å². The summed E-state index contributed by atoms with van der Waals surface area (Å²) < 4.78 is 80.0. The van der Waals surface area contributed by atoms with Crippen LogP contribution < -0.4 is 42.5 Å². The van der Waals surface area contributed by atoms with Crippen LogP contribution in [0.3, 0.4) is 0 Å². The molecule has 12 N–H and O–H groups in total. The summed E-state index contributed by atoms with van der Waals surface area (Å²) >= 11 is 6.03. The Hall–Kier alpha value is -12.2. The maximum atomic E-state index is 13.7. The van der Waals surface area contributed by atoms with Crippen LogP contribution in [0.15, 0.2) is 147 Å². The quantitative estimate of drug-likeness (QED) is 0.0198. The minimum Gasteiger partial charge on any atom is -0.366 e. The smallest absolute Gasteiger partial charge is 0.187 e. The highest BCUT2D eigenvalue weighted by Gasteiger charge is 2.28. The van der Waals surface area contributed by atoms with Gasteiger partial charge in [0.25, 0.3) is 0 Å². The molecule has 12 aromatic rings. The summed E-state index contributed by atoms with van der Waals surface area (Å²) in [6.45, 7) is 8.05. The van der Waals surface area contributed by atoms with Gasteiger partial charge in [-0.15, -0.1) is 0 Å². The van der Waals surface area contributed by atoms with Gasteiger partial charge in [-0.1, -0.05) is 48.0 Å². The molecule has 8 heterocycles. The zero-order valence-corrected chi connectivity index (χ0v) is 54.4. The Morgan fingerprint density at radius 2 is 0.693 bits per heavy atom.